The van der Waals surface area contributed by atoms with Crippen LogP contribution in [0.3, 0.4) is 0 Å². The smallest absolute Gasteiger partial charge is 0.346 e. The zero-order chi connectivity index (χ0) is 30.7. The van der Waals surface area contributed by atoms with Crippen LogP contribution in [-0.4, -0.2) is 82.6 Å². The molecule has 12 nitrogen and oxygen atoms in total. The standard InChI is InChI=1S/C29H30F3N11O/c30-29(31,32)26-39-21(12-22(40-26)28(34)3-1-4-28)25(44)42-10-8-41(9-11-42)19-13-27(14-19,5-6-33)43-16-18(15-38-43)23-20-2-7-35-24(20)37-17-36-23/h2,7,12,15-17,19H,1,3-5,8-11,13-14,34H2,(H,35,36,37). The molecule has 0 atom stereocenters. The van der Waals surface area contributed by atoms with Crippen LogP contribution in [0.5, 0.6) is 0 Å². The van der Waals surface area contributed by atoms with Gasteiger partial charge < -0.3 is 15.6 Å². The lowest BCUT2D eigenvalue weighted by atomic mass is 9.70. The first-order chi connectivity index (χ1) is 21.1. The molecule has 0 radical (unpaired) electrons. The van der Waals surface area contributed by atoms with E-state index >= 15 is 0 Å². The van der Waals surface area contributed by atoms with E-state index in [-0.39, 0.29) is 17.4 Å². The summed E-state index contributed by atoms with van der Waals surface area (Å²) < 4.78 is 42.7. The van der Waals surface area contributed by atoms with Crippen LogP contribution >= 0.6 is 0 Å². The van der Waals surface area contributed by atoms with Gasteiger partial charge >= 0.3 is 6.18 Å². The van der Waals surface area contributed by atoms with Gasteiger partial charge in [-0.25, -0.2) is 19.9 Å². The van der Waals surface area contributed by atoms with Crippen LogP contribution in [0, 0.1) is 11.3 Å². The summed E-state index contributed by atoms with van der Waals surface area (Å²) >= 11 is 0. The van der Waals surface area contributed by atoms with Gasteiger partial charge in [0.2, 0.25) is 5.82 Å². The number of piperazine rings is 1. The molecule has 1 aliphatic heterocycles. The van der Waals surface area contributed by atoms with Gasteiger partial charge in [0.25, 0.3) is 5.91 Å². The number of halogens is 3. The third-order valence-corrected chi connectivity index (χ3v) is 9.41. The fourth-order valence-electron chi connectivity index (χ4n) is 6.65. The highest BCUT2D eigenvalue weighted by atomic mass is 19.4. The van der Waals surface area contributed by atoms with Crippen molar-refractivity contribution in [3.05, 3.63) is 54.3 Å². The number of nitrogens with zero attached hydrogens (tertiary/aromatic N) is 9. The van der Waals surface area contributed by atoms with Crippen LogP contribution < -0.4 is 5.73 Å². The molecule has 3 fully saturated rings. The van der Waals surface area contributed by atoms with Crippen molar-refractivity contribution in [3.8, 4) is 17.3 Å². The predicted octanol–water partition coefficient (Wildman–Crippen LogP) is 3.20. The molecule has 44 heavy (non-hydrogen) atoms. The van der Waals surface area contributed by atoms with Crippen LogP contribution in [0.15, 0.2) is 37.1 Å². The summed E-state index contributed by atoms with van der Waals surface area (Å²) in [7, 11) is 0. The van der Waals surface area contributed by atoms with Crippen LogP contribution in [0.2, 0.25) is 0 Å². The van der Waals surface area contributed by atoms with Crippen molar-refractivity contribution in [2.45, 2.75) is 61.8 Å². The molecular formula is C29H30F3N11O. The third kappa shape index (κ3) is 4.78. The fourth-order valence-corrected chi connectivity index (χ4v) is 6.65. The number of hydrogen-bond donors (Lipinski definition) is 2. The normalized spacial score (nSPS) is 23.6. The lowest BCUT2D eigenvalue weighted by Crippen LogP contribution is -2.60. The number of nitriles is 1. The predicted molar refractivity (Wildman–Crippen MR) is 151 cm³/mol. The number of nitrogens with one attached hydrogen (secondary N) is 1. The summed E-state index contributed by atoms with van der Waals surface area (Å²) in [6.07, 6.45) is 5.75. The van der Waals surface area contributed by atoms with Crippen molar-refractivity contribution in [2.75, 3.05) is 26.2 Å². The Morgan fingerprint density at radius 2 is 1.93 bits per heavy atom. The van der Waals surface area contributed by atoms with E-state index in [2.05, 4.69) is 41.0 Å². The quantitative estimate of drug-likeness (QED) is 0.337. The zero-order valence-corrected chi connectivity index (χ0v) is 23.8. The Kier molecular flexibility index (Phi) is 6.67. The van der Waals surface area contributed by atoms with Gasteiger partial charge in [0.1, 0.15) is 17.7 Å². The third-order valence-electron chi connectivity index (χ3n) is 9.41. The molecule has 0 aromatic carbocycles. The minimum atomic E-state index is -4.79. The molecule has 228 valence electrons. The van der Waals surface area contributed by atoms with Gasteiger partial charge in [-0.15, -0.1) is 0 Å². The molecule has 3 N–H and O–H groups in total. The van der Waals surface area contributed by atoms with E-state index in [0.29, 0.717) is 58.3 Å². The Bertz CT molecular complexity index is 1760. The van der Waals surface area contributed by atoms with Crippen molar-refractivity contribution in [2.24, 2.45) is 5.73 Å². The summed E-state index contributed by atoms with van der Waals surface area (Å²) in [6.45, 7) is 1.81. The average molecular weight is 606 g/mol. The number of aromatic amines is 1. The Labute approximate surface area is 250 Å². The SMILES string of the molecule is N#CCC1(n2cc(-c3ncnc4[nH]ccc34)cn2)CC(N2CCN(C(=O)c3cc(C4(N)CCC4)nc(C(F)(F)F)n3)CC2)C1. The molecular weight excluding hydrogens is 575 g/mol. The van der Waals surface area contributed by atoms with Gasteiger partial charge in [0.15, 0.2) is 0 Å². The van der Waals surface area contributed by atoms with E-state index in [1.807, 2.05) is 23.1 Å². The maximum Gasteiger partial charge on any atom is 0.451 e. The number of rotatable bonds is 6. The van der Waals surface area contributed by atoms with E-state index in [9.17, 15) is 23.2 Å². The van der Waals surface area contributed by atoms with Crippen LogP contribution in [-0.2, 0) is 17.3 Å². The number of H-pyrrole nitrogens is 1. The molecule has 5 heterocycles. The number of fused-ring (bicyclic) bond motifs is 1. The number of alkyl halides is 3. The molecule has 2 aliphatic carbocycles. The van der Waals surface area contributed by atoms with Crippen LogP contribution in [0.4, 0.5) is 13.2 Å². The van der Waals surface area contributed by atoms with Gasteiger partial charge in [-0.05, 0) is 44.2 Å². The molecule has 3 aliphatic rings. The van der Waals surface area contributed by atoms with Crippen LogP contribution in [0.1, 0.15) is 60.5 Å². The first-order valence-electron chi connectivity index (χ1n) is 14.6. The monoisotopic (exact) mass is 605 g/mol. The summed E-state index contributed by atoms with van der Waals surface area (Å²) in [5.41, 5.74) is 6.97. The minimum absolute atomic E-state index is 0.0652. The molecule has 2 saturated carbocycles. The molecule has 1 saturated heterocycles. The Hall–Kier alpha value is -4.42. The molecule has 0 bridgehead atoms. The van der Waals surface area contributed by atoms with Crippen molar-refractivity contribution >= 4 is 16.9 Å². The van der Waals surface area contributed by atoms with Gasteiger partial charge in [-0.2, -0.15) is 23.5 Å². The number of amides is 1. The maximum absolute atomic E-state index is 13.6. The first kappa shape index (κ1) is 28.4. The number of aromatic nitrogens is 7. The van der Waals surface area contributed by atoms with Crippen molar-refractivity contribution in [1.82, 2.24) is 44.5 Å². The van der Waals surface area contributed by atoms with Gasteiger partial charge in [-0.3, -0.25) is 14.4 Å². The second kappa shape index (κ2) is 10.3. The van der Waals surface area contributed by atoms with Gasteiger partial charge in [-0.1, -0.05) is 0 Å². The second-order valence-corrected chi connectivity index (χ2v) is 12.1. The zero-order valence-electron chi connectivity index (χ0n) is 23.8. The number of hydrogen-bond acceptors (Lipinski definition) is 9. The molecule has 0 spiro atoms. The summed E-state index contributed by atoms with van der Waals surface area (Å²) in [6, 6.07) is 5.75. The second-order valence-electron chi connectivity index (χ2n) is 12.1. The minimum Gasteiger partial charge on any atom is -0.346 e. The maximum atomic E-state index is 13.6. The Morgan fingerprint density at radius 1 is 1.16 bits per heavy atom. The molecule has 4 aromatic heterocycles. The van der Waals surface area contributed by atoms with Gasteiger partial charge in [0, 0.05) is 55.6 Å². The lowest BCUT2D eigenvalue weighted by molar-refractivity contribution is -0.145. The Balaban J connectivity index is 1.02. The summed E-state index contributed by atoms with van der Waals surface area (Å²) in [5.74, 6) is -1.89. The highest BCUT2D eigenvalue weighted by molar-refractivity contribution is 5.92. The lowest BCUT2D eigenvalue weighted by Gasteiger charge is -2.52. The summed E-state index contributed by atoms with van der Waals surface area (Å²) in [4.78, 5) is 36.2. The van der Waals surface area contributed by atoms with Gasteiger partial charge in [0.05, 0.1) is 41.2 Å². The highest BCUT2D eigenvalue weighted by Crippen LogP contribution is 2.45. The largest absolute Gasteiger partial charge is 0.451 e. The highest BCUT2D eigenvalue weighted by Gasteiger charge is 2.49. The number of carbonyl (C=O) groups excluding carboxylic acids is 1. The molecule has 15 heteroatoms. The van der Waals surface area contributed by atoms with E-state index in [1.165, 1.54) is 17.3 Å². The number of carbonyl (C=O) groups is 1. The average Bonchev–Trinajstić information content (AvgIpc) is 3.67. The number of nitrogens with two attached hydrogens (primary N) is 1. The van der Waals surface area contributed by atoms with Crippen LogP contribution in [0.25, 0.3) is 22.3 Å². The van der Waals surface area contributed by atoms with Crippen molar-refractivity contribution in [1.29, 1.82) is 5.26 Å². The fraction of sp³-hybridized carbons (Fsp3) is 0.483. The van der Waals surface area contributed by atoms with E-state index in [0.717, 1.165) is 28.7 Å². The first-order valence-corrected chi connectivity index (χ1v) is 14.6. The van der Waals surface area contributed by atoms with E-state index in [4.69, 9.17) is 5.73 Å². The van der Waals surface area contributed by atoms with Crippen molar-refractivity contribution in [3.63, 3.8) is 0 Å². The molecule has 4 aromatic rings. The Morgan fingerprint density at radius 3 is 2.61 bits per heavy atom. The molecule has 0 unspecified atom stereocenters. The molecule has 7 rings (SSSR count). The molecule has 1 amide bonds. The van der Waals surface area contributed by atoms with E-state index in [1.54, 1.807) is 6.20 Å². The summed E-state index contributed by atoms with van der Waals surface area (Å²) in [5, 5.41) is 15.2. The van der Waals surface area contributed by atoms with E-state index < -0.39 is 29.0 Å². The topological polar surface area (TPSA) is 159 Å². The van der Waals surface area contributed by atoms with Crippen molar-refractivity contribution < 1.29 is 18.0 Å².